The molecule has 3 rings (SSSR count). The lowest BCUT2D eigenvalue weighted by Crippen LogP contribution is -2.39. The van der Waals surface area contributed by atoms with Crippen LogP contribution in [0.25, 0.3) is 0 Å². The Labute approximate surface area is 166 Å². The van der Waals surface area contributed by atoms with Crippen LogP contribution < -0.4 is 21.3 Å². The van der Waals surface area contributed by atoms with Crippen LogP contribution in [0.2, 0.25) is 0 Å². The van der Waals surface area contributed by atoms with E-state index in [9.17, 15) is 9.59 Å². The van der Waals surface area contributed by atoms with Gasteiger partial charge >= 0.3 is 6.03 Å². The van der Waals surface area contributed by atoms with E-state index < -0.39 is 0 Å². The van der Waals surface area contributed by atoms with Crippen molar-refractivity contribution in [2.45, 2.75) is 32.2 Å². The van der Waals surface area contributed by atoms with Gasteiger partial charge in [0.25, 0.3) is 0 Å². The maximum atomic E-state index is 12.3. The highest BCUT2D eigenvalue weighted by Gasteiger charge is 2.19. The van der Waals surface area contributed by atoms with Gasteiger partial charge in [-0.05, 0) is 48.2 Å². The molecule has 1 atom stereocenters. The van der Waals surface area contributed by atoms with Crippen molar-refractivity contribution in [2.24, 2.45) is 0 Å². The lowest BCUT2D eigenvalue weighted by atomic mass is 9.94. The first kappa shape index (κ1) is 19.9. The molecule has 0 aromatic heterocycles. The summed E-state index contributed by atoms with van der Waals surface area (Å²) in [5.74, 6) is -0.00810. The number of rotatable bonds is 7. The molecule has 0 fully saturated rings. The summed E-state index contributed by atoms with van der Waals surface area (Å²) in [7, 11) is 0. The van der Waals surface area contributed by atoms with Crippen LogP contribution in [0.5, 0.6) is 0 Å². The quantitative estimate of drug-likeness (QED) is 0.596. The highest BCUT2D eigenvalue weighted by molar-refractivity contribution is 5.89. The van der Waals surface area contributed by atoms with Crippen molar-refractivity contribution in [3.63, 3.8) is 0 Å². The van der Waals surface area contributed by atoms with E-state index in [1.165, 1.54) is 11.1 Å². The summed E-state index contributed by atoms with van der Waals surface area (Å²) in [5.41, 5.74) is 4.24. The minimum atomic E-state index is -0.215. The Balaban J connectivity index is 1.47. The molecule has 0 saturated heterocycles. The molecule has 3 amide bonds. The number of urea groups is 1. The Bertz CT molecular complexity index is 804. The van der Waals surface area contributed by atoms with Gasteiger partial charge in [0, 0.05) is 24.8 Å². The number of carbonyl (C=O) groups excluding carboxylic acids is 2. The standard InChI is InChI=1S/C22H28N4O2/c1-2-12-24-22(28)26-18-9-7-16(8-10-18)14-21(27)25-15-20-19-6-4-3-5-17(19)11-13-23-20/h3-10,20,23H,2,11-15H2,1H3,(H,25,27)(H2,24,26,28). The SMILES string of the molecule is CCCNC(=O)Nc1ccc(CC(=O)NCC2NCCc3ccccc32)cc1. The van der Waals surface area contributed by atoms with Gasteiger partial charge in [0.05, 0.1) is 6.42 Å². The second-order valence-electron chi connectivity index (χ2n) is 7.01. The van der Waals surface area contributed by atoms with Crippen LogP contribution in [-0.4, -0.2) is 31.6 Å². The zero-order chi connectivity index (χ0) is 19.8. The summed E-state index contributed by atoms with van der Waals surface area (Å²) in [6.07, 6.45) is 2.23. The fourth-order valence-corrected chi connectivity index (χ4v) is 3.36. The second kappa shape index (κ2) is 9.90. The molecule has 6 heteroatoms. The molecule has 1 unspecified atom stereocenters. The van der Waals surface area contributed by atoms with Crippen molar-refractivity contribution < 1.29 is 9.59 Å². The molecule has 2 aromatic rings. The number of benzene rings is 2. The monoisotopic (exact) mass is 380 g/mol. The minimum Gasteiger partial charge on any atom is -0.354 e. The maximum absolute atomic E-state index is 12.3. The van der Waals surface area contributed by atoms with E-state index >= 15 is 0 Å². The molecule has 2 aromatic carbocycles. The van der Waals surface area contributed by atoms with Crippen LogP contribution >= 0.6 is 0 Å². The molecule has 4 N–H and O–H groups in total. The van der Waals surface area contributed by atoms with Gasteiger partial charge < -0.3 is 21.3 Å². The Morgan fingerprint density at radius 2 is 1.86 bits per heavy atom. The number of anilines is 1. The van der Waals surface area contributed by atoms with E-state index in [0.717, 1.165) is 24.9 Å². The summed E-state index contributed by atoms with van der Waals surface area (Å²) >= 11 is 0. The van der Waals surface area contributed by atoms with Gasteiger partial charge in [0.2, 0.25) is 5.91 Å². The molecular weight excluding hydrogens is 352 g/mol. The first-order valence-corrected chi connectivity index (χ1v) is 9.87. The smallest absolute Gasteiger partial charge is 0.319 e. The third-order valence-electron chi connectivity index (χ3n) is 4.83. The molecule has 0 bridgehead atoms. The first-order chi connectivity index (χ1) is 13.7. The average Bonchev–Trinajstić information content (AvgIpc) is 2.72. The van der Waals surface area contributed by atoms with Crippen molar-refractivity contribution in [3.05, 3.63) is 65.2 Å². The van der Waals surface area contributed by atoms with Crippen molar-refractivity contribution in [2.75, 3.05) is 25.0 Å². The molecule has 28 heavy (non-hydrogen) atoms. The summed E-state index contributed by atoms with van der Waals surface area (Å²) in [5, 5.41) is 12.0. The van der Waals surface area contributed by atoms with Gasteiger partial charge in [0.1, 0.15) is 0 Å². The summed E-state index contributed by atoms with van der Waals surface area (Å²) < 4.78 is 0. The van der Waals surface area contributed by atoms with Crippen LogP contribution in [0.1, 0.15) is 36.1 Å². The zero-order valence-electron chi connectivity index (χ0n) is 16.3. The third-order valence-corrected chi connectivity index (χ3v) is 4.83. The molecule has 6 nitrogen and oxygen atoms in total. The van der Waals surface area contributed by atoms with E-state index in [1.54, 1.807) is 0 Å². The van der Waals surface area contributed by atoms with E-state index in [-0.39, 0.29) is 18.0 Å². The van der Waals surface area contributed by atoms with Crippen LogP contribution in [0, 0.1) is 0 Å². The van der Waals surface area contributed by atoms with Gasteiger partial charge in [-0.2, -0.15) is 0 Å². The summed E-state index contributed by atoms with van der Waals surface area (Å²) in [6, 6.07) is 15.7. The van der Waals surface area contributed by atoms with Crippen LogP contribution in [0.3, 0.4) is 0 Å². The first-order valence-electron chi connectivity index (χ1n) is 9.87. The highest BCUT2D eigenvalue weighted by Crippen LogP contribution is 2.21. The Morgan fingerprint density at radius 3 is 2.64 bits per heavy atom. The lowest BCUT2D eigenvalue weighted by molar-refractivity contribution is -0.120. The van der Waals surface area contributed by atoms with Crippen LogP contribution in [0.4, 0.5) is 10.5 Å². The molecule has 1 aliphatic heterocycles. The molecular formula is C22H28N4O2. The molecule has 0 saturated carbocycles. The average molecular weight is 380 g/mol. The number of nitrogens with one attached hydrogen (secondary N) is 4. The highest BCUT2D eigenvalue weighted by atomic mass is 16.2. The van der Waals surface area contributed by atoms with Crippen LogP contribution in [0.15, 0.2) is 48.5 Å². The predicted molar refractivity (Wildman–Crippen MR) is 111 cm³/mol. The van der Waals surface area contributed by atoms with E-state index in [4.69, 9.17) is 0 Å². The van der Waals surface area contributed by atoms with Gasteiger partial charge in [-0.1, -0.05) is 43.3 Å². The number of hydrogen-bond acceptors (Lipinski definition) is 3. The molecule has 148 valence electrons. The van der Waals surface area contributed by atoms with E-state index in [2.05, 4.69) is 39.5 Å². The minimum absolute atomic E-state index is 0.00810. The zero-order valence-corrected chi connectivity index (χ0v) is 16.3. The van der Waals surface area contributed by atoms with Crippen molar-refractivity contribution in [1.29, 1.82) is 0 Å². The fourth-order valence-electron chi connectivity index (χ4n) is 3.36. The lowest BCUT2D eigenvalue weighted by Gasteiger charge is -2.27. The molecule has 0 spiro atoms. The van der Waals surface area contributed by atoms with Crippen LogP contribution in [-0.2, 0) is 17.6 Å². The van der Waals surface area contributed by atoms with Gasteiger partial charge in [-0.15, -0.1) is 0 Å². The summed E-state index contributed by atoms with van der Waals surface area (Å²) in [4.78, 5) is 24.0. The number of carbonyl (C=O) groups is 2. The second-order valence-corrected chi connectivity index (χ2v) is 7.01. The number of hydrogen-bond donors (Lipinski definition) is 4. The van der Waals surface area contributed by atoms with Gasteiger partial charge in [-0.3, -0.25) is 4.79 Å². The van der Waals surface area contributed by atoms with Crippen molar-refractivity contribution in [3.8, 4) is 0 Å². The number of amides is 3. The normalized spacial score (nSPS) is 15.4. The van der Waals surface area contributed by atoms with Gasteiger partial charge in [0.15, 0.2) is 0 Å². The fraction of sp³-hybridized carbons (Fsp3) is 0.364. The topological polar surface area (TPSA) is 82.3 Å². The summed E-state index contributed by atoms with van der Waals surface area (Å²) in [6.45, 7) is 4.15. The largest absolute Gasteiger partial charge is 0.354 e. The Kier molecular flexibility index (Phi) is 7.03. The molecule has 1 heterocycles. The Morgan fingerprint density at radius 1 is 1.07 bits per heavy atom. The van der Waals surface area contributed by atoms with Gasteiger partial charge in [-0.25, -0.2) is 4.79 Å². The Hall–Kier alpha value is -2.86. The third kappa shape index (κ3) is 5.57. The van der Waals surface area contributed by atoms with E-state index in [0.29, 0.717) is 25.2 Å². The number of fused-ring (bicyclic) bond motifs is 1. The van der Waals surface area contributed by atoms with Crippen molar-refractivity contribution in [1.82, 2.24) is 16.0 Å². The van der Waals surface area contributed by atoms with E-state index in [1.807, 2.05) is 37.3 Å². The molecule has 0 radical (unpaired) electrons. The molecule has 1 aliphatic rings. The predicted octanol–water partition coefficient (Wildman–Crippen LogP) is 2.76. The molecule has 0 aliphatic carbocycles. The van der Waals surface area contributed by atoms with Crippen molar-refractivity contribution >= 4 is 17.6 Å². The maximum Gasteiger partial charge on any atom is 0.319 e.